The maximum atomic E-state index is 15.2. The van der Waals surface area contributed by atoms with Crippen LogP contribution in [0.4, 0.5) is 20.8 Å². The quantitative estimate of drug-likeness (QED) is 0.0877. The summed E-state index contributed by atoms with van der Waals surface area (Å²) in [5, 5.41) is 21.1. The van der Waals surface area contributed by atoms with Gasteiger partial charge in [-0.25, -0.2) is 19.2 Å². The number of carbonyl (C=O) groups is 2. The fraction of sp³-hybridized carbons (Fsp3) is 0.341. The number of aliphatic carboxylic acids is 1. The number of hydrogen-bond donors (Lipinski definition) is 3. The third kappa shape index (κ3) is 10.3. The zero-order valence-corrected chi connectivity index (χ0v) is 33.9. The van der Waals surface area contributed by atoms with Gasteiger partial charge in [0.1, 0.15) is 29.2 Å². The summed E-state index contributed by atoms with van der Waals surface area (Å²) in [5.74, 6) is -0.452. The highest BCUT2D eigenvalue weighted by molar-refractivity contribution is 5.88. The number of halogens is 1. The van der Waals surface area contributed by atoms with Crippen molar-refractivity contribution in [3.63, 3.8) is 0 Å². The average molecular weight is 791 g/mol. The molecule has 4 heterocycles. The summed E-state index contributed by atoms with van der Waals surface area (Å²) in [7, 11) is 1.94. The van der Waals surface area contributed by atoms with Crippen molar-refractivity contribution in [3.8, 4) is 17.0 Å². The van der Waals surface area contributed by atoms with E-state index in [0.717, 1.165) is 22.9 Å². The van der Waals surface area contributed by atoms with E-state index < -0.39 is 35.6 Å². The summed E-state index contributed by atoms with van der Waals surface area (Å²) in [6.45, 7) is 12.2. The van der Waals surface area contributed by atoms with E-state index in [9.17, 15) is 14.7 Å². The number of carbonyl (C=O) groups excluding carboxylic acids is 1. The highest BCUT2D eigenvalue weighted by Gasteiger charge is 2.30. The third-order valence-corrected chi connectivity index (χ3v) is 9.27. The second kappa shape index (κ2) is 17.8. The smallest absolute Gasteiger partial charge is 0.407 e. The van der Waals surface area contributed by atoms with Gasteiger partial charge in [0.25, 0.3) is 0 Å². The number of nitrogens with one attached hydrogen (secondary N) is 2. The number of ether oxygens (including phenoxy) is 2. The molecule has 0 spiro atoms. The van der Waals surface area contributed by atoms with Crippen molar-refractivity contribution in [2.75, 3.05) is 16.8 Å². The number of aryl methyl sites for hydroxylation is 1. The van der Waals surface area contributed by atoms with Crippen molar-refractivity contribution in [1.82, 2.24) is 29.5 Å². The Kier molecular flexibility index (Phi) is 12.6. The predicted molar refractivity (Wildman–Crippen MR) is 221 cm³/mol. The molecule has 4 aromatic heterocycles. The summed E-state index contributed by atoms with van der Waals surface area (Å²) in [4.78, 5) is 36.3. The van der Waals surface area contributed by atoms with Crippen molar-refractivity contribution in [2.24, 2.45) is 13.0 Å². The summed E-state index contributed by atoms with van der Waals surface area (Å²) in [6.07, 6.45) is 5.14. The standard InChI is InChI=1S/C44H51FN8O5/c1-28(2)38(35-21-34(45)24-46-41(35)57-29(3)22-47-43(56)58-44(4,5)6)49-39-37(32-18-19-51(7)27-32)42(53-40(50-39)33(23-48-53)20-36(54)55)52(25-30-14-10-8-11-15-30)26-31-16-12-9-13-17-31/h8-19,21,23-24,27-29,38H,20,22,25-26H2,1-7H3,(H,47,56)(H,49,50)(H,54,55)/t29-,38+/m0/s1. The van der Waals surface area contributed by atoms with E-state index in [4.69, 9.17) is 19.6 Å². The first-order valence-electron chi connectivity index (χ1n) is 19.3. The van der Waals surface area contributed by atoms with E-state index in [1.807, 2.05) is 80.3 Å². The number of alkyl carbamates (subject to hydrolysis) is 1. The topological polar surface area (TPSA) is 148 Å². The van der Waals surface area contributed by atoms with Gasteiger partial charge in [0, 0.05) is 49.2 Å². The summed E-state index contributed by atoms with van der Waals surface area (Å²) < 4.78 is 30.5. The highest BCUT2D eigenvalue weighted by atomic mass is 19.1. The van der Waals surface area contributed by atoms with Crippen molar-refractivity contribution >= 4 is 29.3 Å². The van der Waals surface area contributed by atoms with E-state index in [1.165, 1.54) is 6.07 Å². The number of carboxylic acids is 1. The van der Waals surface area contributed by atoms with Crippen molar-refractivity contribution < 1.29 is 28.6 Å². The molecule has 3 N–H and O–H groups in total. The SMILES string of the molecule is CC(C)[C@@H](Nc1nc2c(CC(=O)O)cnn2c(N(Cc2ccccc2)Cc2ccccc2)c1-c1ccn(C)c1)c1cc(F)cnc1O[C@@H](C)CNC(=O)OC(C)(C)C. The Hall–Kier alpha value is -6.44. The van der Waals surface area contributed by atoms with Crippen LogP contribution in [-0.2, 0) is 36.1 Å². The Morgan fingerprint density at radius 3 is 2.19 bits per heavy atom. The van der Waals surface area contributed by atoms with Gasteiger partial charge >= 0.3 is 12.1 Å². The lowest BCUT2D eigenvalue weighted by Gasteiger charge is -2.31. The van der Waals surface area contributed by atoms with E-state index >= 15 is 4.39 Å². The fourth-order valence-electron chi connectivity index (χ4n) is 6.73. The molecule has 0 radical (unpaired) electrons. The van der Waals surface area contributed by atoms with Crippen LogP contribution >= 0.6 is 0 Å². The molecule has 0 saturated heterocycles. The minimum atomic E-state index is -1.02. The van der Waals surface area contributed by atoms with Gasteiger partial charge in [-0.1, -0.05) is 74.5 Å². The van der Waals surface area contributed by atoms with Gasteiger partial charge in [-0.05, 0) is 56.9 Å². The van der Waals surface area contributed by atoms with Crippen molar-refractivity contribution in [2.45, 2.75) is 78.8 Å². The molecule has 14 heteroatoms. The number of benzene rings is 2. The first-order chi connectivity index (χ1) is 27.6. The Morgan fingerprint density at radius 1 is 0.966 bits per heavy atom. The number of anilines is 2. The van der Waals surface area contributed by atoms with Crippen LogP contribution in [0.3, 0.4) is 0 Å². The molecule has 0 aliphatic heterocycles. The zero-order valence-electron chi connectivity index (χ0n) is 33.9. The second-order valence-corrected chi connectivity index (χ2v) is 15.8. The van der Waals surface area contributed by atoms with E-state index in [2.05, 4.69) is 44.8 Å². The van der Waals surface area contributed by atoms with Gasteiger partial charge in [-0.3, -0.25) is 4.79 Å². The maximum absolute atomic E-state index is 15.2. The molecule has 6 rings (SSSR count). The van der Waals surface area contributed by atoms with Crippen LogP contribution in [-0.4, -0.2) is 59.6 Å². The summed E-state index contributed by atoms with van der Waals surface area (Å²) in [5.41, 5.74) is 4.20. The zero-order chi connectivity index (χ0) is 41.6. The van der Waals surface area contributed by atoms with E-state index in [1.54, 1.807) is 38.4 Å². The first kappa shape index (κ1) is 41.2. The molecule has 0 fully saturated rings. The average Bonchev–Trinajstić information content (AvgIpc) is 3.78. The van der Waals surface area contributed by atoms with Crippen LogP contribution in [0.1, 0.15) is 69.8 Å². The Labute approximate surface area is 337 Å². The van der Waals surface area contributed by atoms with Crippen LogP contribution in [0.5, 0.6) is 5.88 Å². The van der Waals surface area contributed by atoms with Gasteiger partial charge in [0.2, 0.25) is 5.88 Å². The number of nitrogens with zero attached hydrogens (tertiary/aromatic N) is 6. The number of hydrogen-bond acceptors (Lipinski definition) is 9. The lowest BCUT2D eigenvalue weighted by molar-refractivity contribution is -0.136. The summed E-state index contributed by atoms with van der Waals surface area (Å²) >= 11 is 0. The predicted octanol–water partition coefficient (Wildman–Crippen LogP) is 8.20. The van der Waals surface area contributed by atoms with Crippen LogP contribution in [0, 0.1) is 11.7 Å². The number of fused-ring (bicyclic) bond motifs is 1. The van der Waals surface area contributed by atoms with Gasteiger partial charge in [-0.2, -0.15) is 9.61 Å². The molecule has 304 valence electrons. The molecule has 1 amide bonds. The van der Waals surface area contributed by atoms with Crippen molar-refractivity contribution in [3.05, 3.63) is 126 Å². The molecule has 13 nitrogen and oxygen atoms in total. The van der Waals surface area contributed by atoms with Crippen LogP contribution < -0.4 is 20.3 Å². The Bertz CT molecular complexity index is 2300. The molecule has 0 unspecified atom stereocenters. The lowest BCUT2D eigenvalue weighted by Crippen LogP contribution is -2.38. The molecule has 2 aromatic carbocycles. The molecule has 58 heavy (non-hydrogen) atoms. The fourth-order valence-corrected chi connectivity index (χ4v) is 6.73. The number of amides is 1. The lowest BCUT2D eigenvalue weighted by atomic mass is 9.96. The van der Waals surface area contributed by atoms with E-state index in [-0.39, 0.29) is 24.8 Å². The monoisotopic (exact) mass is 790 g/mol. The molecular weight excluding hydrogens is 740 g/mol. The number of carboxylic acid groups (broad SMARTS) is 1. The second-order valence-electron chi connectivity index (χ2n) is 15.8. The highest BCUT2D eigenvalue weighted by Crippen LogP contribution is 2.42. The molecule has 0 aliphatic rings. The number of pyridine rings is 1. The van der Waals surface area contributed by atoms with Gasteiger partial charge in [0.15, 0.2) is 5.65 Å². The molecule has 0 bridgehead atoms. The van der Waals surface area contributed by atoms with Crippen LogP contribution in [0.2, 0.25) is 0 Å². The first-order valence-corrected chi connectivity index (χ1v) is 19.3. The van der Waals surface area contributed by atoms with Crippen LogP contribution in [0.15, 0.2) is 97.6 Å². The minimum Gasteiger partial charge on any atom is -0.481 e. The maximum Gasteiger partial charge on any atom is 0.407 e. The number of rotatable bonds is 16. The van der Waals surface area contributed by atoms with Gasteiger partial charge < -0.3 is 34.7 Å². The molecule has 0 aliphatic carbocycles. The van der Waals surface area contributed by atoms with Crippen LogP contribution in [0.25, 0.3) is 16.8 Å². The molecule has 6 aromatic rings. The molecule has 2 atom stereocenters. The number of aromatic nitrogens is 5. The van der Waals surface area contributed by atoms with Crippen molar-refractivity contribution in [1.29, 1.82) is 0 Å². The third-order valence-electron chi connectivity index (χ3n) is 9.27. The van der Waals surface area contributed by atoms with Gasteiger partial charge in [0.05, 0.1) is 37.0 Å². The van der Waals surface area contributed by atoms with E-state index in [0.29, 0.717) is 47.1 Å². The largest absolute Gasteiger partial charge is 0.481 e. The Morgan fingerprint density at radius 2 is 1.62 bits per heavy atom. The minimum absolute atomic E-state index is 0.110. The van der Waals surface area contributed by atoms with Gasteiger partial charge in [-0.15, -0.1) is 0 Å². The normalized spacial score (nSPS) is 12.6. The summed E-state index contributed by atoms with van der Waals surface area (Å²) in [6, 6.07) is 23.0. The molecule has 0 saturated carbocycles. The molecular formula is C44H51FN8O5. The Balaban J connectivity index is 1.51.